The number of hydrogen-bond acceptors (Lipinski definition) is 5. The minimum Gasteiger partial charge on any atom is -0.478 e. The third kappa shape index (κ3) is 2.38. The lowest BCUT2D eigenvalue weighted by molar-refractivity contribution is 0.0697. The van der Waals surface area contributed by atoms with Crippen LogP contribution in [0.2, 0.25) is 0 Å². The summed E-state index contributed by atoms with van der Waals surface area (Å²) >= 11 is 0. The van der Waals surface area contributed by atoms with Gasteiger partial charge in [-0.25, -0.2) is 14.5 Å². The first-order valence-corrected chi connectivity index (χ1v) is 7.89. The van der Waals surface area contributed by atoms with E-state index in [2.05, 4.69) is 20.2 Å². The lowest BCUT2D eigenvalue weighted by Gasteiger charge is -2.22. The summed E-state index contributed by atoms with van der Waals surface area (Å²) in [6.45, 7) is 0. The number of aromatic carboxylic acids is 1. The summed E-state index contributed by atoms with van der Waals surface area (Å²) in [5.74, 6) is -0.919. The summed E-state index contributed by atoms with van der Waals surface area (Å²) in [5, 5.41) is 17.2. The van der Waals surface area contributed by atoms with Crippen molar-refractivity contribution in [3.63, 3.8) is 0 Å². The topological polar surface area (TPSA) is 119 Å². The second-order valence-corrected chi connectivity index (χ2v) is 5.98. The number of rotatable bonds is 3. The average Bonchev–Trinajstić information content (AvgIpc) is 3.23. The van der Waals surface area contributed by atoms with E-state index in [9.17, 15) is 9.59 Å². The number of carbonyl (C=O) groups is 1. The van der Waals surface area contributed by atoms with Crippen LogP contribution in [0.5, 0.6) is 0 Å². The molecule has 24 heavy (non-hydrogen) atoms. The molecule has 1 aliphatic rings. The molecule has 9 nitrogen and oxygen atoms in total. The molecule has 0 unspecified atom stereocenters. The molecule has 0 spiro atoms. The predicted molar refractivity (Wildman–Crippen MR) is 84.4 cm³/mol. The molecule has 9 heteroatoms. The van der Waals surface area contributed by atoms with Crippen molar-refractivity contribution < 1.29 is 9.90 Å². The molecule has 0 radical (unpaired) electrons. The van der Waals surface area contributed by atoms with E-state index in [1.165, 1.54) is 23.5 Å². The van der Waals surface area contributed by atoms with Gasteiger partial charge in [0.2, 0.25) is 5.95 Å². The number of carboxylic acid groups (broad SMARTS) is 1. The third-order valence-corrected chi connectivity index (χ3v) is 4.41. The fourth-order valence-corrected chi connectivity index (χ4v) is 3.22. The Balaban J connectivity index is 1.78. The zero-order valence-electron chi connectivity index (χ0n) is 12.8. The van der Waals surface area contributed by atoms with Crippen molar-refractivity contribution >= 4 is 17.0 Å². The first-order valence-electron chi connectivity index (χ1n) is 7.89. The Morgan fingerprint density at radius 3 is 2.71 bits per heavy atom. The van der Waals surface area contributed by atoms with E-state index < -0.39 is 5.97 Å². The molecule has 0 aliphatic heterocycles. The standard InChI is InChI=1S/C15H16N6O3/c22-13-12-11(7-17-21(12)10-4-2-1-3-5-10)18-15(19-13)20-8-9(6-16-20)14(23)24/h6-8,10H,1-5H2,(H,23,24)(H,18,19,22). The first kappa shape index (κ1) is 14.6. The van der Waals surface area contributed by atoms with Crippen molar-refractivity contribution in [3.05, 3.63) is 34.5 Å². The summed E-state index contributed by atoms with van der Waals surface area (Å²) in [6.07, 6.45) is 9.61. The van der Waals surface area contributed by atoms with E-state index in [1.54, 1.807) is 10.9 Å². The Morgan fingerprint density at radius 2 is 2.00 bits per heavy atom. The van der Waals surface area contributed by atoms with Crippen LogP contribution in [0.3, 0.4) is 0 Å². The van der Waals surface area contributed by atoms with Crippen LogP contribution in [-0.4, -0.2) is 40.6 Å². The molecule has 0 atom stereocenters. The van der Waals surface area contributed by atoms with Crippen molar-refractivity contribution in [2.75, 3.05) is 0 Å². The van der Waals surface area contributed by atoms with Gasteiger partial charge in [0.25, 0.3) is 5.56 Å². The van der Waals surface area contributed by atoms with E-state index in [-0.39, 0.29) is 23.1 Å². The molecule has 3 aromatic rings. The minimum atomic E-state index is -1.09. The zero-order valence-corrected chi connectivity index (χ0v) is 12.8. The van der Waals surface area contributed by atoms with Gasteiger partial charge >= 0.3 is 5.97 Å². The molecule has 124 valence electrons. The average molecular weight is 328 g/mol. The lowest BCUT2D eigenvalue weighted by Crippen LogP contribution is -2.20. The number of hydrogen-bond donors (Lipinski definition) is 2. The van der Waals surface area contributed by atoms with Crippen LogP contribution in [-0.2, 0) is 0 Å². The highest BCUT2D eigenvalue weighted by atomic mass is 16.4. The summed E-state index contributed by atoms with van der Waals surface area (Å²) in [6, 6.07) is 0.230. The van der Waals surface area contributed by atoms with E-state index in [0.717, 1.165) is 25.7 Å². The molecule has 3 aromatic heterocycles. The van der Waals surface area contributed by atoms with Crippen molar-refractivity contribution in [1.82, 2.24) is 29.5 Å². The Labute approximate surface area is 135 Å². The molecule has 4 rings (SSSR count). The van der Waals surface area contributed by atoms with Gasteiger partial charge in [-0.3, -0.25) is 14.5 Å². The number of fused-ring (bicyclic) bond motifs is 1. The maximum atomic E-state index is 12.5. The molecular weight excluding hydrogens is 312 g/mol. The Bertz CT molecular complexity index is 963. The van der Waals surface area contributed by atoms with Gasteiger partial charge in [-0.1, -0.05) is 19.3 Å². The van der Waals surface area contributed by atoms with Crippen LogP contribution < -0.4 is 5.56 Å². The maximum Gasteiger partial charge on any atom is 0.338 e. The van der Waals surface area contributed by atoms with Gasteiger partial charge in [-0.05, 0) is 12.8 Å². The highest BCUT2D eigenvalue weighted by Crippen LogP contribution is 2.29. The highest BCUT2D eigenvalue weighted by Gasteiger charge is 2.21. The van der Waals surface area contributed by atoms with Gasteiger partial charge in [0, 0.05) is 6.20 Å². The number of H-pyrrole nitrogens is 1. The Hall–Kier alpha value is -2.97. The number of aromatic amines is 1. The van der Waals surface area contributed by atoms with Gasteiger partial charge in [-0.2, -0.15) is 10.2 Å². The fourth-order valence-electron chi connectivity index (χ4n) is 3.22. The molecule has 1 aliphatic carbocycles. The molecular formula is C15H16N6O3. The summed E-state index contributed by atoms with van der Waals surface area (Å²) < 4.78 is 3.01. The van der Waals surface area contributed by atoms with Crippen molar-refractivity contribution in [2.45, 2.75) is 38.1 Å². The SMILES string of the molecule is O=C(O)c1cnn(-c2nc3cnn(C4CCCCC4)c3c(=O)[nH]2)c1. The Morgan fingerprint density at radius 1 is 1.21 bits per heavy atom. The van der Waals surface area contributed by atoms with E-state index in [0.29, 0.717) is 11.0 Å². The number of nitrogens with one attached hydrogen (secondary N) is 1. The van der Waals surface area contributed by atoms with Crippen LogP contribution in [0.4, 0.5) is 0 Å². The van der Waals surface area contributed by atoms with Crippen LogP contribution in [0.1, 0.15) is 48.5 Å². The quantitative estimate of drug-likeness (QED) is 0.752. The van der Waals surface area contributed by atoms with Crippen LogP contribution in [0, 0.1) is 0 Å². The van der Waals surface area contributed by atoms with E-state index in [1.807, 2.05) is 0 Å². The van der Waals surface area contributed by atoms with Crippen molar-refractivity contribution in [3.8, 4) is 5.95 Å². The maximum absolute atomic E-state index is 12.5. The molecule has 3 heterocycles. The molecule has 2 N–H and O–H groups in total. The van der Waals surface area contributed by atoms with Crippen molar-refractivity contribution in [2.24, 2.45) is 0 Å². The van der Waals surface area contributed by atoms with Gasteiger partial charge in [0.15, 0.2) is 5.52 Å². The molecule has 1 fully saturated rings. The molecule has 1 saturated carbocycles. The lowest BCUT2D eigenvalue weighted by atomic mass is 9.95. The smallest absolute Gasteiger partial charge is 0.338 e. The van der Waals surface area contributed by atoms with Gasteiger partial charge in [0.05, 0.1) is 24.0 Å². The fraction of sp³-hybridized carbons (Fsp3) is 0.400. The second-order valence-electron chi connectivity index (χ2n) is 5.98. The number of carboxylic acids is 1. The molecule has 0 amide bonds. The summed E-state index contributed by atoms with van der Waals surface area (Å²) in [7, 11) is 0. The Kier molecular flexibility index (Phi) is 3.40. The normalized spacial score (nSPS) is 15.8. The molecule has 0 bridgehead atoms. The van der Waals surface area contributed by atoms with E-state index >= 15 is 0 Å². The first-order chi connectivity index (χ1) is 11.6. The second kappa shape index (κ2) is 5.59. The number of nitrogens with zero attached hydrogens (tertiary/aromatic N) is 5. The monoisotopic (exact) mass is 328 g/mol. The largest absolute Gasteiger partial charge is 0.478 e. The van der Waals surface area contributed by atoms with Crippen LogP contribution in [0.15, 0.2) is 23.4 Å². The molecule has 0 aromatic carbocycles. The van der Waals surface area contributed by atoms with Gasteiger partial charge in [0.1, 0.15) is 5.52 Å². The third-order valence-electron chi connectivity index (χ3n) is 4.41. The van der Waals surface area contributed by atoms with Crippen LogP contribution >= 0.6 is 0 Å². The predicted octanol–water partition coefficient (Wildman–Crippen LogP) is 1.51. The van der Waals surface area contributed by atoms with Gasteiger partial charge < -0.3 is 5.11 Å². The minimum absolute atomic E-state index is 0.0237. The van der Waals surface area contributed by atoms with Gasteiger partial charge in [-0.15, -0.1) is 0 Å². The summed E-state index contributed by atoms with van der Waals surface area (Å²) in [5.41, 5.74) is 0.657. The van der Waals surface area contributed by atoms with Crippen LogP contribution in [0.25, 0.3) is 17.0 Å². The van der Waals surface area contributed by atoms with E-state index in [4.69, 9.17) is 5.11 Å². The number of aromatic nitrogens is 6. The molecule has 0 saturated heterocycles. The zero-order chi connectivity index (χ0) is 16.7. The summed E-state index contributed by atoms with van der Waals surface area (Å²) in [4.78, 5) is 30.5. The highest BCUT2D eigenvalue weighted by molar-refractivity contribution is 5.87. The van der Waals surface area contributed by atoms with Crippen molar-refractivity contribution in [1.29, 1.82) is 0 Å².